The van der Waals surface area contributed by atoms with E-state index in [1.165, 1.54) is 19.1 Å². The molecule has 0 aliphatic carbocycles. The van der Waals surface area contributed by atoms with Crippen LogP contribution in [-0.2, 0) is 21.7 Å². The van der Waals surface area contributed by atoms with Crippen molar-refractivity contribution in [2.75, 3.05) is 27.8 Å². The largest absolute Gasteiger partial charge is 0.493 e. The number of para-hydroxylation sites is 1. The molecule has 0 radical (unpaired) electrons. The molecule has 8 nitrogen and oxygen atoms in total. The van der Waals surface area contributed by atoms with Gasteiger partial charge in [0.25, 0.3) is 5.91 Å². The van der Waals surface area contributed by atoms with Crippen molar-refractivity contribution < 1.29 is 23.9 Å². The number of imide groups is 1. The minimum Gasteiger partial charge on any atom is -0.493 e. The number of hydrogen-bond donors (Lipinski definition) is 1. The fourth-order valence-corrected chi connectivity index (χ4v) is 3.95. The summed E-state index contributed by atoms with van der Waals surface area (Å²) in [5, 5.41) is 3.29. The van der Waals surface area contributed by atoms with Crippen LogP contribution in [0.5, 0.6) is 11.5 Å². The number of amides is 4. The first-order valence-corrected chi connectivity index (χ1v) is 10.5. The molecule has 1 atom stereocenters. The Kier molecular flexibility index (Phi) is 6.93. The lowest BCUT2D eigenvalue weighted by Crippen LogP contribution is -2.45. The van der Waals surface area contributed by atoms with Crippen LogP contribution in [0, 0.1) is 0 Å². The van der Waals surface area contributed by atoms with Gasteiger partial charge in [-0.15, -0.1) is 0 Å². The molecule has 1 saturated heterocycles. The zero-order valence-corrected chi connectivity index (χ0v) is 19.2. The fourth-order valence-electron chi connectivity index (χ4n) is 3.82. The summed E-state index contributed by atoms with van der Waals surface area (Å²) >= 11 is 5.96. The molecule has 3 rings (SSSR count). The number of urea groups is 1. The molecule has 9 heteroatoms. The molecule has 0 saturated carbocycles. The second-order valence-electron chi connectivity index (χ2n) is 7.49. The molecule has 2 aromatic rings. The van der Waals surface area contributed by atoms with Crippen molar-refractivity contribution in [3.8, 4) is 11.5 Å². The Morgan fingerprint density at radius 1 is 1.12 bits per heavy atom. The quantitative estimate of drug-likeness (QED) is 0.612. The minimum absolute atomic E-state index is 0.221. The Morgan fingerprint density at radius 2 is 1.81 bits per heavy atom. The van der Waals surface area contributed by atoms with Crippen LogP contribution in [0.3, 0.4) is 0 Å². The summed E-state index contributed by atoms with van der Waals surface area (Å²) in [7, 11) is 4.66. The van der Waals surface area contributed by atoms with Crippen molar-refractivity contribution in [2.45, 2.75) is 25.4 Å². The van der Waals surface area contributed by atoms with Gasteiger partial charge in [-0.05, 0) is 30.2 Å². The predicted molar refractivity (Wildman–Crippen MR) is 120 cm³/mol. The average Bonchev–Trinajstić information content (AvgIpc) is 3.04. The van der Waals surface area contributed by atoms with Gasteiger partial charge >= 0.3 is 6.03 Å². The lowest BCUT2D eigenvalue weighted by Gasteiger charge is -2.26. The van der Waals surface area contributed by atoms with Crippen molar-refractivity contribution in [1.82, 2.24) is 15.1 Å². The van der Waals surface area contributed by atoms with Gasteiger partial charge in [-0.2, -0.15) is 0 Å². The van der Waals surface area contributed by atoms with E-state index in [0.29, 0.717) is 28.5 Å². The summed E-state index contributed by atoms with van der Waals surface area (Å²) in [6, 6.07) is 11.5. The highest BCUT2D eigenvalue weighted by molar-refractivity contribution is 6.30. The lowest BCUT2D eigenvalue weighted by molar-refractivity contribution is -0.138. The van der Waals surface area contributed by atoms with Crippen LogP contribution in [0.1, 0.15) is 24.5 Å². The molecule has 1 heterocycles. The van der Waals surface area contributed by atoms with Crippen molar-refractivity contribution >= 4 is 29.4 Å². The fraction of sp³-hybridized carbons (Fsp3) is 0.348. The van der Waals surface area contributed by atoms with Crippen molar-refractivity contribution in [1.29, 1.82) is 0 Å². The second-order valence-corrected chi connectivity index (χ2v) is 7.93. The molecular formula is C23H26ClN3O5. The molecule has 1 fully saturated rings. The number of methoxy groups -OCH3 is 2. The third-order valence-electron chi connectivity index (χ3n) is 5.65. The molecule has 1 N–H and O–H groups in total. The van der Waals surface area contributed by atoms with E-state index < -0.39 is 17.5 Å². The standard InChI is InChI=1S/C23H26ClN3O5/c1-5-23(16-9-11-17(24)12-10-16)21(29)27(22(30)25-23)14-19(28)26(2)13-15-7-6-8-18(31-3)20(15)32-4/h6-12H,5,13-14H2,1-4H3,(H,25,30)/t23-/m1/s1. The zero-order chi connectivity index (χ0) is 23.5. The molecule has 0 spiro atoms. The molecule has 0 bridgehead atoms. The number of nitrogens with one attached hydrogen (secondary N) is 1. The van der Waals surface area contributed by atoms with Gasteiger partial charge in [0.2, 0.25) is 5.91 Å². The Hall–Kier alpha value is -3.26. The third kappa shape index (κ3) is 4.23. The van der Waals surface area contributed by atoms with Crippen LogP contribution in [0.2, 0.25) is 5.02 Å². The SMILES string of the molecule is CC[C@]1(c2ccc(Cl)cc2)NC(=O)N(CC(=O)N(C)Cc2cccc(OC)c2OC)C1=O. The third-order valence-corrected chi connectivity index (χ3v) is 5.91. The molecule has 4 amide bonds. The van der Waals surface area contributed by atoms with Gasteiger partial charge in [0.1, 0.15) is 12.1 Å². The Bertz CT molecular complexity index is 1030. The zero-order valence-electron chi connectivity index (χ0n) is 18.5. The number of hydrogen-bond acceptors (Lipinski definition) is 5. The molecule has 0 unspecified atom stereocenters. The van der Waals surface area contributed by atoms with Gasteiger partial charge in [0, 0.05) is 24.2 Å². The minimum atomic E-state index is -1.23. The van der Waals surface area contributed by atoms with Crippen molar-refractivity contribution in [2.24, 2.45) is 0 Å². The first-order valence-electron chi connectivity index (χ1n) is 10.1. The van der Waals surface area contributed by atoms with E-state index in [4.69, 9.17) is 21.1 Å². The van der Waals surface area contributed by atoms with Crippen molar-refractivity contribution in [3.63, 3.8) is 0 Å². The topological polar surface area (TPSA) is 88.2 Å². The first kappa shape index (κ1) is 23.4. The number of halogens is 1. The summed E-state index contributed by atoms with van der Waals surface area (Å²) in [5.74, 6) is 0.224. The molecular weight excluding hydrogens is 434 g/mol. The Labute approximate surface area is 192 Å². The summed E-state index contributed by atoms with van der Waals surface area (Å²) in [5.41, 5.74) is 0.132. The lowest BCUT2D eigenvalue weighted by atomic mass is 9.87. The number of likely N-dealkylation sites (N-methyl/N-ethyl adjacent to an activating group) is 1. The number of ether oxygens (including phenoxy) is 2. The van der Waals surface area contributed by atoms with Crippen LogP contribution in [0.25, 0.3) is 0 Å². The maximum absolute atomic E-state index is 13.3. The number of rotatable bonds is 8. The van der Waals surface area contributed by atoms with Crippen molar-refractivity contribution in [3.05, 3.63) is 58.6 Å². The van der Waals surface area contributed by atoms with Crippen LogP contribution < -0.4 is 14.8 Å². The van der Waals surface area contributed by atoms with Gasteiger partial charge < -0.3 is 19.7 Å². The average molecular weight is 460 g/mol. The van der Waals surface area contributed by atoms with Crippen LogP contribution in [0.4, 0.5) is 4.79 Å². The second kappa shape index (κ2) is 9.48. The number of carbonyl (C=O) groups is 3. The van der Waals surface area contributed by atoms with E-state index >= 15 is 0 Å². The smallest absolute Gasteiger partial charge is 0.325 e. The van der Waals surface area contributed by atoms with Gasteiger partial charge in [0.05, 0.1) is 14.2 Å². The van der Waals surface area contributed by atoms with E-state index in [0.717, 1.165) is 10.5 Å². The number of carbonyl (C=O) groups excluding carboxylic acids is 3. The predicted octanol–water partition coefficient (Wildman–Crippen LogP) is 3.17. The molecule has 170 valence electrons. The van der Waals surface area contributed by atoms with Gasteiger partial charge in [-0.1, -0.05) is 42.8 Å². The highest BCUT2D eigenvalue weighted by Crippen LogP contribution is 2.34. The Balaban J connectivity index is 1.77. The number of benzene rings is 2. The van der Waals surface area contributed by atoms with Gasteiger partial charge in [-0.3, -0.25) is 14.5 Å². The molecule has 2 aromatic carbocycles. The van der Waals surface area contributed by atoms with Gasteiger partial charge in [-0.25, -0.2) is 4.79 Å². The molecule has 1 aliphatic rings. The van der Waals surface area contributed by atoms with Gasteiger partial charge in [0.15, 0.2) is 11.5 Å². The highest BCUT2D eigenvalue weighted by Gasteiger charge is 2.51. The van der Waals surface area contributed by atoms with E-state index in [2.05, 4.69) is 5.32 Å². The van der Waals surface area contributed by atoms with Crippen LogP contribution >= 0.6 is 11.6 Å². The molecule has 0 aromatic heterocycles. The molecule has 32 heavy (non-hydrogen) atoms. The summed E-state index contributed by atoms with van der Waals surface area (Å²) < 4.78 is 10.7. The summed E-state index contributed by atoms with van der Waals surface area (Å²) in [6.45, 7) is 1.65. The highest BCUT2D eigenvalue weighted by atomic mass is 35.5. The summed E-state index contributed by atoms with van der Waals surface area (Å²) in [6.07, 6.45) is 0.334. The van der Waals surface area contributed by atoms with Crippen LogP contribution in [-0.4, -0.2) is 55.5 Å². The maximum atomic E-state index is 13.3. The van der Waals surface area contributed by atoms with Crippen LogP contribution in [0.15, 0.2) is 42.5 Å². The van der Waals surface area contributed by atoms with E-state index in [-0.39, 0.29) is 19.0 Å². The summed E-state index contributed by atoms with van der Waals surface area (Å²) in [4.78, 5) is 41.2. The maximum Gasteiger partial charge on any atom is 0.325 e. The first-order chi connectivity index (χ1) is 15.3. The molecule has 1 aliphatic heterocycles. The van der Waals surface area contributed by atoms with E-state index in [1.807, 2.05) is 6.07 Å². The number of nitrogens with zero attached hydrogens (tertiary/aromatic N) is 2. The van der Waals surface area contributed by atoms with E-state index in [9.17, 15) is 14.4 Å². The normalized spacial score (nSPS) is 17.8. The van der Waals surface area contributed by atoms with E-state index in [1.54, 1.807) is 50.4 Å². The monoisotopic (exact) mass is 459 g/mol. The Morgan fingerprint density at radius 3 is 2.41 bits per heavy atom.